The standard InChI is InChI=1S/C26H23F3N4O2/c1-25(35,24(34)32-22-6-5-20(13-30)23(12-22)26(27,28)29)16-33-14-21(15-33)19-4-2-3-18(11-19)17-7-9-31-10-8-17/h2-12,21,35H,14-16H2,1H3,(H,32,34). The minimum absolute atomic E-state index is 0.0295. The molecule has 180 valence electrons. The zero-order chi connectivity index (χ0) is 25.2. The number of carbonyl (C=O) groups is 1. The minimum Gasteiger partial charge on any atom is -0.379 e. The molecule has 2 aromatic carbocycles. The molecule has 0 saturated carbocycles. The van der Waals surface area contributed by atoms with E-state index in [2.05, 4.69) is 16.4 Å². The lowest BCUT2D eigenvalue weighted by Crippen LogP contribution is -2.55. The summed E-state index contributed by atoms with van der Waals surface area (Å²) in [5.74, 6) is -0.581. The largest absolute Gasteiger partial charge is 0.417 e. The van der Waals surface area contributed by atoms with Gasteiger partial charge in [-0.05, 0) is 53.9 Å². The van der Waals surface area contributed by atoms with E-state index in [9.17, 15) is 23.1 Å². The van der Waals surface area contributed by atoms with Crippen LogP contribution in [0, 0.1) is 11.3 Å². The molecule has 1 fully saturated rings. The Morgan fingerprint density at radius 2 is 1.86 bits per heavy atom. The van der Waals surface area contributed by atoms with E-state index in [0.717, 1.165) is 22.8 Å². The average Bonchev–Trinajstić information content (AvgIpc) is 2.81. The van der Waals surface area contributed by atoms with Crippen molar-refractivity contribution in [1.82, 2.24) is 9.88 Å². The lowest BCUT2D eigenvalue weighted by atomic mass is 9.88. The van der Waals surface area contributed by atoms with E-state index in [1.54, 1.807) is 12.4 Å². The van der Waals surface area contributed by atoms with Gasteiger partial charge in [0.15, 0.2) is 5.60 Å². The number of likely N-dealkylation sites (tertiary alicyclic amines) is 1. The molecule has 1 amide bonds. The number of anilines is 1. The quantitative estimate of drug-likeness (QED) is 0.545. The van der Waals surface area contributed by atoms with Gasteiger partial charge in [0.25, 0.3) is 5.91 Å². The second kappa shape index (κ2) is 9.49. The lowest BCUT2D eigenvalue weighted by molar-refractivity contribution is -0.138. The molecular weight excluding hydrogens is 457 g/mol. The van der Waals surface area contributed by atoms with Crippen molar-refractivity contribution in [1.29, 1.82) is 5.26 Å². The molecule has 3 aromatic rings. The fourth-order valence-corrected chi connectivity index (χ4v) is 4.15. The number of aliphatic hydroxyl groups is 1. The van der Waals surface area contributed by atoms with Crippen molar-refractivity contribution in [2.45, 2.75) is 24.6 Å². The molecule has 9 heteroatoms. The van der Waals surface area contributed by atoms with Gasteiger partial charge in [0, 0.05) is 43.6 Å². The predicted octanol–water partition coefficient (Wildman–Crippen LogP) is 4.43. The third-order valence-electron chi connectivity index (χ3n) is 6.05. The number of alkyl halides is 3. The third-order valence-corrected chi connectivity index (χ3v) is 6.05. The maximum absolute atomic E-state index is 13.2. The number of rotatable bonds is 6. The summed E-state index contributed by atoms with van der Waals surface area (Å²) in [6.07, 6.45) is -1.26. The van der Waals surface area contributed by atoms with Crippen LogP contribution in [0.2, 0.25) is 0 Å². The van der Waals surface area contributed by atoms with Gasteiger partial charge in [-0.1, -0.05) is 24.3 Å². The number of nitrogens with zero attached hydrogens (tertiary/aromatic N) is 3. The zero-order valence-electron chi connectivity index (χ0n) is 18.9. The number of benzene rings is 2. The first-order chi connectivity index (χ1) is 16.6. The fourth-order valence-electron chi connectivity index (χ4n) is 4.15. The van der Waals surface area contributed by atoms with E-state index in [0.29, 0.717) is 19.2 Å². The predicted molar refractivity (Wildman–Crippen MR) is 124 cm³/mol. The van der Waals surface area contributed by atoms with Crippen LogP contribution in [0.3, 0.4) is 0 Å². The smallest absolute Gasteiger partial charge is 0.379 e. The summed E-state index contributed by atoms with van der Waals surface area (Å²) in [5, 5.41) is 22.0. The summed E-state index contributed by atoms with van der Waals surface area (Å²) in [4.78, 5) is 18.6. The van der Waals surface area contributed by atoms with Crippen LogP contribution in [-0.2, 0) is 11.0 Å². The Hall–Kier alpha value is -3.74. The first-order valence-electron chi connectivity index (χ1n) is 10.9. The molecule has 2 heterocycles. The Labute approximate surface area is 200 Å². The topological polar surface area (TPSA) is 89.2 Å². The Bertz CT molecular complexity index is 1260. The zero-order valence-corrected chi connectivity index (χ0v) is 18.9. The van der Waals surface area contributed by atoms with Gasteiger partial charge in [-0.25, -0.2) is 0 Å². The first-order valence-corrected chi connectivity index (χ1v) is 10.9. The molecule has 1 unspecified atom stereocenters. The van der Waals surface area contributed by atoms with Crippen molar-refractivity contribution < 1.29 is 23.1 Å². The molecule has 0 spiro atoms. The molecule has 1 aromatic heterocycles. The van der Waals surface area contributed by atoms with Gasteiger partial charge in [-0.2, -0.15) is 18.4 Å². The summed E-state index contributed by atoms with van der Waals surface area (Å²) in [5.41, 5.74) is -0.354. The van der Waals surface area contributed by atoms with Gasteiger partial charge >= 0.3 is 6.18 Å². The van der Waals surface area contributed by atoms with Gasteiger partial charge in [0.2, 0.25) is 0 Å². The molecule has 0 radical (unpaired) electrons. The van der Waals surface area contributed by atoms with Crippen molar-refractivity contribution in [3.8, 4) is 17.2 Å². The average molecular weight is 480 g/mol. The summed E-state index contributed by atoms with van der Waals surface area (Å²) in [6.45, 7) is 2.63. The number of nitrogens with one attached hydrogen (secondary N) is 1. The van der Waals surface area contributed by atoms with Crippen molar-refractivity contribution >= 4 is 11.6 Å². The summed E-state index contributed by atoms with van der Waals surface area (Å²) in [6, 6.07) is 16.4. The fraction of sp³-hybridized carbons (Fsp3) is 0.269. The molecule has 0 bridgehead atoms. The van der Waals surface area contributed by atoms with Gasteiger partial charge in [-0.15, -0.1) is 0 Å². The van der Waals surface area contributed by atoms with Crippen LogP contribution in [0.25, 0.3) is 11.1 Å². The third kappa shape index (κ3) is 5.50. The SMILES string of the molecule is CC(O)(CN1CC(c2cccc(-c3ccncc3)c2)C1)C(=O)Nc1ccc(C#N)c(C(F)(F)F)c1. The maximum atomic E-state index is 13.2. The lowest BCUT2D eigenvalue weighted by Gasteiger charge is -2.42. The van der Waals surface area contributed by atoms with Crippen LogP contribution in [0.1, 0.15) is 29.5 Å². The monoisotopic (exact) mass is 480 g/mol. The van der Waals surface area contributed by atoms with Crippen LogP contribution < -0.4 is 5.32 Å². The van der Waals surface area contributed by atoms with Crippen LogP contribution in [-0.4, -0.2) is 46.1 Å². The van der Waals surface area contributed by atoms with Gasteiger partial charge in [0.1, 0.15) is 0 Å². The number of amides is 1. The number of nitriles is 1. The highest BCUT2D eigenvalue weighted by Crippen LogP contribution is 2.34. The summed E-state index contributed by atoms with van der Waals surface area (Å²) < 4.78 is 39.6. The molecule has 1 saturated heterocycles. The number of carbonyl (C=O) groups excluding carboxylic acids is 1. The van der Waals surface area contributed by atoms with Crippen molar-refractivity contribution in [2.24, 2.45) is 0 Å². The Kier molecular flexibility index (Phi) is 6.61. The van der Waals surface area contributed by atoms with Gasteiger partial charge < -0.3 is 10.4 Å². The van der Waals surface area contributed by atoms with Crippen LogP contribution >= 0.6 is 0 Å². The molecule has 35 heavy (non-hydrogen) atoms. The molecule has 4 rings (SSSR count). The molecule has 2 N–H and O–H groups in total. The highest BCUT2D eigenvalue weighted by Gasteiger charge is 2.39. The highest BCUT2D eigenvalue weighted by atomic mass is 19.4. The molecule has 1 atom stereocenters. The minimum atomic E-state index is -4.74. The number of halogens is 3. The molecule has 0 aliphatic carbocycles. The Morgan fingerprint density at radius 1 is 1.14 bits per heavy atom. The normalized spacial score (nSPS) is 16.1. The second-order valence-corrected chi connectivity index (χ2v) is 8.85. The maximum Gasteiger partial charge on any atom is 0.417 e. The first kappa shape index (κ1) is 24.4. The highest BCUT2D eigenvalue weighted by molar-refractivity contribution is 5.97. The number of β-amino-alcohol motifs (C(OH)–C–C–N with tert-alkyl or cyclic N) is 1. The van der Waals surface area contributed by atoms with E-state index in [1.807, 2.05) is 35.2 Å². The summed E-state index contributed by atoms with van der Waals surface area (Å²) >= 11 is 0. The molecule has 6 nitrogen and oxygen atoms in total. The molecule has 1 aliphatic rings. The molecule has 1 aliphatic heterocycles. The number of aromatic nitrogens is 1. The number of hydrogen-bond donors (Lipinski definition) is 2. The Balaban J connectivity index is 1.37. The van der Waals surface area contributed by atoms with E-state index in [4.69, 9.17) is 5.26 Å². The molecular formula is C26H23F3N4O2. The van der Waals surface area contributed by atoms with Gasteiger partial charge in [0.05, 0.1) is 17.2 Å². The Morgan fingerprint density at radius 3 is 2.51 bits per heavy atom. The van der Waals surface area contributed by atoms with Crippen molar-refractivity contribution in [3.63, 3.8) is 0 Å². The van der Waals surface area contributed by atoms with Crippen molar-refractivity contribution in [3.05, 3.63) is 83.7 Å². The van der Waals surface area contributed by atoms with Crippen LogP contribution in [0.15, 0.2) is 67.0 Å². The van der Waals surface area contributed by atoms with Crippen LogP contribution in [0.5, 0.6) is 0 Å². The van der Waals surface area contributed by atoms with E-state index in [-0.39, 0.29) is 18.2 Å². The summed E-state index contributed by atoms with van der Waals surface area (Å²) in [7, 11) is 0. The van der Waals surface area contributed by atoms with E-state index < -0.39 is 28.8 Å². The van der Waals surface area contributed by atoms with Crippen molar-refractivity contribution in [2.75, 3.05) is 25.0 Å². The number of pyridine rings is 1. The van der Waals surface area contributed by atoms with E-state index >= 15 is 0 Å². The second-order valence-electron chi connectivity index (χ2n) is 8.85. The van der Waals surface area contributed by atoms with Gasteiger partial charge in [-0.3, -0.25) is 14.7 Å². The van der Waals surface area contributed by atoms with Crippen LogP contribution in [0.4, 0.5) is 18.9 Å². The van der Waals surface area contributed by atoms with E-state index in [1.165, 1.54) is 19.1 Å². The number of hydrogen-bond acceptors (Lipinski definition) is 5.